The van der Waals surface area contributed by atoms with Crippen LogP contribution in [0.2, 0.25) is 0 Å². The van der Waals surface area contributed by atoms with Crippen LogP contribution in [0.15, 0.2) is 18.2 Å². The molecular weight excluding hydrogens is 216 g/mol. The monoisotopic (exact) mass is 236 g/mol. The van der Waals surface area contributed by atoms with E-state index in [1.807, 2.05) is 32.0 Å². The molecule has 0 fully saturated rings. The minimum absolute atomic E-state index is 0.0897. The van der Waals surface area contributed by atoms with Gasteiger partial charge in [0.25, 0.3) is 0 Å². The van der Waals surface area contributed by atoms with Crippen LogP contribution in [0.3, 0.4) is 0 Å². The number of hydrogen-bond acceptors (Lipinski definition) is 3. The van der Waals surface area contributed by atoms with Crippen LogP contribution in [0, 0.1) is 0 Å². The van der Waals surface area contributed by atoms with Gasteiger partial charge in [-0.05, 0) is 44.0 Å². The molecule has 4 heteroatoms. The predicted molar refractivity (Wildman–Crippen MR) is 69.3 cm³/mol. The summed E-state index contributed by atoms with van der Waals surface area (Å²) < 4.78 is 5.28. The highest BCUT2D eigenvalue weighted by atomic mass is 16.5. The summed E-state index contributed by atoms with van der Waals surface area (Å²) >= 11 is 0. The minimum Gasteiger partial charge on any atom is -0.496 e. The normalized spacial score (nSPS) is 11.1. The third-order valence-corrected chi connectivity index (χ3v) is 2.25. The second-order valence-corrected chi connectivity index (χ2v) is 4.87. The van der Waals surface area contributed by atoms with Crippen molar-refractivity contribution in [2.45, 2.75) is 32.7 Å². The second-order valence-electron chi connectivity index (χ2n) is 4.87. The Morgan fingerprint density at radius 2 is 2.12 bits per heavy atom. The highest BCUT2D eigenvalue weighted by Gasteiger charge is 2.15. The third kappa shape index (κ3) is 4.44. The van der Waals surface area contributed by atoms with Gasteiger partial charge in [0.1, 0.15) is 5.75 Å². The highest BCUT2D eigenvalue weighted by molar-refractivity contribution is 5.88. The molecule has 17 heavy (non-hydrogen) atoms. The lowest BCUT2D eigenvalue weighted by Crippen LogP contribution is -2.34. The van der Waals surface area contributed by atoms with Crippen LogP contribution >= 0.6 is 0 Å². The largest absolute Gasteiger partial charge is 0.496 e. The molecule has 0 saturated heterocycles. The van der Waals surface area contributed by atoms with E-state index in [9.17, 15) is 4.79 Å². The topological polar surface area (TPSA) is 64.3 Å². The standard InChI is InChI=1S/C13H20N2O2/c1-9(16)15-11-5-6-12(17-4)10(7-11)8-13(2,3)14/h5-7H,8,14H2,1-4H3,(H,15,16). The summed E-state index contributed by atoms with van der Waals surface area (Å²) in [4.78, 5) is 11.0. The van der Waals surface area contributed by atoms with Crippen molar-refractivity contribution in [3.05, 3.63) is 23.8 Å². The summed E-state index contributed by atoms with van der Waals surface area (Å²) in [6.07, 6.45) is 0.684. The lowest BCUT2D eigenvalue weighted by atomic mass is 9.95. The summed E-state index contributed by atoms with van der Waals surface area (Å²) in [5.74, 6) is 0.700. The van der Waals surface area contributed by atoms with Gasteiger partial charge >= 0.3 is 0 Å². The van der Waals surface area contributed by atoms with E-state index in [2.05, 4.69) is 5.32 Å². The number of benzene rings is 1. The van der Waals surface area contributed by atoms with E-state index >= 15 is 0 Å². The van der Waals surface area contributed by atoms with E-state index in [-0.39, 0.29) is 11.4 Å². The zero-order valence-electron chi connectivity index (χ0n) is 10.8. The van der Waals surface area contributed by atoms with Gasteiger partial charge in [-0.1, -0.05) is 0 Å². The van der Waals surface area contributed by atoms with Crippen molar-refractivity contribution in [1.29, 1.82) is 0 Å². The molecule has 0 radical (unpaired) electrons. The lowest BCUT2D eigenvalue weighted by Gasteiger charge is -2.20. The fourth-order valence-electron chi connectivity index (χ4n) is 1.69. The first-order valence-corrected chi connectivity index (χ1v) is 5.55. The second kappa shape index (κ2) is 5.19. The Morgan fingerprint density at radius 3 is 2.59 bits per heavy atom. The first-order valence-electron chi connectivity index (χ1n) is 5.55. The summed E-state index contributed by atoms with van der Waals surface area (Å²) in [6.45, 7) is 5.39. The average molecular weight is 236 g/mol. The van der Waals surface area contributed by atoms with Crippen molar-refractivity contribution in [2.75, 3.05) is 12.4 Å². The SMILES string of the molecule is COc1ccc(NC(C)=O)cc1CC(C)(C)N. The van der Waals surface area contributed by atoms with Crippen molar-refractivity contribution in [1.82, 2.24) is 0 Å². The van der Waals surface area contributed by atoms with Crippen LogP contribution in [-0.2, 0) is 11.2 Å². The number of nitrogens with one attached hydrogen (secondary N) is 1. The van der Waals surface area contributed by atoms with E-state index in [0.29, 0.717) is 6.42 Å². The molecule has 0 aliphatic heterocycles. The van der Waals surface area contributed by atoms with Gasteiger partial charge in [0.2, 0.25) is 5.91 Å². The number of carbonyl (C=O) groups excluding carboxylic acids is 1. The van der Waals surface area contributed by atoms with E-state index in [4.69, 9.17) is 10.5 Å². The Balaban J connectivity index is 3.02. The van der Waals surface area contributed by atoms with Gasteiger partial charge < -0.3 is 15.8 Å². The maximum Gasteiger partial charge on any atom is 0.221 e. The maximum absolute atomic E-state index is 11.0. The van der Waals surface area contributed by atoms with Gasteiger partial charge in [-0.25, -0.2) is 0 Å². The van der Waals surface area contributed by atoms with E-state index in [0.717, 1.165) is 17.0 Å². The number of methoxy groups -OCH3 is 1. The van der Waals surface area contributed by atoms with Crippen molar-refractivity contribution in [3.8, 4) is 5.75 Å². The number of anilines is 1. The number of carbonyl (C=O) groups is 1. The molecule has 3 N–H and O–H groups in total. The Kier molecular flexibility index (Phi) is 4.12. The van der Waals surface area contributed by atoms with E-state index in [1.54, 1.807) is 7.11 Å². The molecule has 4 nitrogen and oxygen atoms in total. The third-order valence-electron chi connectivity index (χ3n) is 2.25. The number of hydrogen-bond donors (Lipinski definition) is 2. The van der Waals surface area contributed by atoms with Crippen LogP contribution in [0.5, 0.6) is 5.75 Å². The molecule has 0 aliphatic carbocycles. The smallest absolute Gasteiger partial charge is 0.221 e. The lowest BCUT2D eigenvalue weighted by molar-refractivity contribution is -0.114. The van der Waals surface area contributed by atoms with Gasteiger partial charge in [-0.2, -0.15) is 0 Å². The fraction of sp³-hybridized carbons (Fsp3) is 0.462. The van der Waals surface area contributed by atoms with Crippen molar-refractivity contribution in [2.24, 2.45) is 5.73 Å². The molecule has 0 aromatic heterocycles. The van der Waals surface area contributed by atoms with Crippen molar-refractivity contribution >= 4 is 11.6 Å². The van der Waals surface area contributed by atoms with Crippen molar-refractivity contribution < 1.29 is 9.53 Å². The fourth-order valence-corrected chi connectivity index (χ4v) is 1.69. The summed E-state index contributed by atoms with van der Waals surface area (Å²) in [7, 11) is 1.63. The van der Waals surface area contributed by atoms with E-state index in [1.165, 1.54) is 6.92 Å². The van der Waals surface area contributed by atoms with Crippen molar-refractivity contribution in [3.63, 3.8) is 0 Å². The molecule has 0 aliphatic rings. The van der Waals surface area contributed by atoms with Gasteiger partial charge in [-0.15, -0.1) is 0 Å². The average Bonchev–Trinajstić information content (AvgIpc) is 2.14. The zero-order chi connectivity index (χ0) is 13.1. The quantitative estimate of drug-likeness (QED) is 0.839. The summed E-state index contributed by atoms with van der Waals surface area (Å²) in [6, 6.07) is 5.55. The molecule has 94 valence electrons. The van der Waals surface area contributed by atoms with Crippen LogP contribution in [-0.4, -0.2) is 18.6 Å². The Hall–Kier alpha value is -1.55. The molecule has 0 unspecified atom stereocenters. The summed E-state index contributed by atoms with van der Waals surface area (Å²) in [5.41, 5.74) is 7.44. The molecular formula is C13H20N2O2. The predicted octanol–water partition coefficient (Wildman–Crippen LogP) is 1.93. The zero-order valence-corrected chi connectivity index (χ0v) is 10.8. The molecule has 1 amide bonds. The molecule has 0 saturated carbocycles. The number of amides is 1. The van der Waals surface area contributed by atoms with Gasteiger partial charge in [0.15, 0.2) is 0 Å². The van der Waals surface area contributed by atoms with Gasteiger partial charge in [0, 0.05) is 18.2 Å². The molecule has 0 spiro atoms. The Labute approximate surface area is 102 Å². The van der Waals surface area contributed by atoms with Crippen LogP contribution in [0.25, 0.3) is 0 Å². The highest BCUT2D eigenvalue weighted by Crippen LogP contribution is 2.25. The van der Waals surface area contributed by atoms with Gasteiger partial charge in [-0.3, -0.25) is 4.79 Å². The molecule has 1 aromatic carbocycles. The first kappa shape index (κ1) is 13.5. The van der Waals surface area contributed by atoms with Crippen LogP contribution < -0.4 is 15.8 Å². The molecule has 1 rings (SSSR count). The number of ether oxygens (including phenoxy) is 1. The van der Waals surface area contributed by atoms with E-state index < -0.39 is 0 Å². The Morgan fingerprint density at radius 1 is 1.47 bits per heavy atom. The van der Waals surface area contributed by atoms with Gasteiger partial charge in [0.05, 0.1) is 7.11 Å². The minimum atomic E-state index is -0.317. The number of nitrogens with two attached hydrogens (primary N) is 1. The number of rotatable bonds is 4. The maximum atomic E-state index is 11.0. The first-order chi connectivity index (χ1) is 7.81. The molecule has 0 heterocycles. The van der Waals surface area contributed by atoms with Crippen LogP contribution in [0.4, 0.5) is 5.69 Å². The molecule has 0 bridgehead atoms. The van der Waals surface area contributed by atoms with Crippen LogP contribution in [0.1, 0.15) is 26.3 Å². The molecule has 0 atom stereocenters. The molecule has 1 aromatic rings. The Bertz CT molecular complexity index is 408. The summed E-state index contributed by atoms with van der Waals surface area (Å²) in [5, 5.41) is 2.75.